The van der Waals surface area contributed by atoms with Gasteiger partial charge >= 0.3 is 5.69 Å². The van der Waals surface area contributed by atoms with Crippen LogP contribution in [0.15, 0.2) is 58.1 Å². The molecule has 1 N–H and O–H groups in total. The maximum atomic E-state index is 13.6. The lowest BCUT2D eigenvalue weighted by Gasteiger charge is -2.39. The highest BCUT2D eigenvalue weighted by Gasteiger charge is 2.40. The molecule has 1 aliphatic heterocycles. The molecule has 1 unspecified atom stereocenters. The van der Waals surface area contributed by atoms with Crippen molar-refractivity contribution in [2.75, 3.05) is 6.61 Å². The predicted octanol–water partition coefficient (Wildman–Crippen LogP) is 3.57. The van der Waals surface area contributed by atoms with Crippen LogP contribution in [0.25, 0.3) is 22.2 Å². The molecule has 1 atom stereocenters. The molecule has 0 radical (unpaired) electrons. The number of hydrogen-bond acceptors (Lipinski definition) is 4. The van der Waals surface area contributed by atoms with Crippen LogP contribution in [-0.4, -0.2) is 25.4 Å². The lowest BCUT2D eigenvalue weighted by molar-refractivity contribution is -0.00714. The summed E-state index contributed by atoms with van der Waals surface area (Å²) >= 11 is 0. The number of ether oxygens (including phenoxy) is 1. The number of fused-ring (bicyclic) bond motifs is 3. The van der Waals surface area contributed by atoms with Gasteiger partial charge in [0.2, 0.25) is 0 Å². The maximum Gasteiger partial charge on any atom is 0.331 e. The van der Waals surface area contributed by atoms with Crippen LogP contribution in [0.2, 0.25) is 0 Å². The van der Waals surface area contributed by atoms with Gasteiger partial charge in [-0.25, -0.2) is 4.79 Å². The molecule has 0 spiro atoms. The molecule has 0 aliphatic carbocycles. The average Bonchev–Trinajstić information content (AvgIpc) is 3.14. The number of nitrogens with zero attached hydrogens (tertiary/aromatic N) is 3. The quantitative estimate of drug-likeness (QED) is 0.512. The van der Waals surface area contributed by atoms with Gasteiger partial charge in [0, 0.05) is 14.1 Å². The molecular weight excluding hydrogens is 418 g/mol. The van der Waals surface area contributed by atoms with Gasteiger partial charge in [-0.1, -0.05) is 35.9 Å². The second-order valence-corrected chi connectivity index (χ2v) is 9.47. The van der Waals surface area contributed by atoms with Crippen LogP contribution in [0.5, 0.6) is 5.75 Å². The van der Waals surface area contributed by atoms with Gasteiger partial charge in [0.05, 0.1) is 34.4 Å². The normalized spacial score (nSPS) is 17.3. The largest absolute Gasteiger partial charge is 0.508 e. The van der Waals surface area contributed by atoms with Crippen molar-refractivity contribution in [1.82, 2.24) is 13.7 Å². The summed E-state index contributed by atoms with van der Waals surface area (Å²) in [5, 5.41) is 10.6. The lowest BCUT2D eigenvalue weighted by Crippen LogP contribution is -2.40. The van der Waals surface area contributed by atoms with Crippen LogP contribution in [-0.2, 0) is 24.4 Å². The maximum absolute atomic E-state index is 13.6. The molecule has 0 saturated carbocycles. The summed E-state index contributed by atoms with van der Waals surface area (Å²) in [7, 11) is 3.20. The lowest BCUT2D eigenvalue weighted by atomic mass is 9.97. The van der Waals surface area contributed by atoms with Crippen molar-refractivity contribution in [1.29, 1.82) is 0 Å². The molecule has 3 heterocycles. The molecular formula is C26H27N3O4. The van der Waals surface area contributed by atoms with Gasteiger partial charge in [0.25, 0.3) is 5.56 Å². The summed E-state index contributed by atoms with van der Waals surface area (Å²) in [5.41, 5.74) is 3.60. The second-order valence-electron chi connectivity index (χ2n) is 9.47. The molecule has 0 saturated heterocycles. The van der Waals surface area contributed by atoms with Gasteiger partial charge in [-0.3, -0.25) is 13.9 Å². The molecule has 0 fully saturated rings. The van der Waals surface area contributed by atoms with E-state index in [9.17, 15) is 14.7 Å². The van der Waals surface area contributed by atoms with Gasteiger partial charge in [0.15, 0.2) is 0 Å². The fourth-order valence-corrected chi connectivity index (χ4v) is 5.00. The van der Waals surface area contributed by atoms with Crippen molar-refractivity contribution < 1.29 is 9.84 Å². The SMILES string of the molecule is Cc1cccc(-c2c3c(=O)n(C)c(=O)n(C)c3c3n2C(C)(C)COC3c2cccc(O)c2)c1. The number of aromatic nitrogens is 3. The van der Waals surface area contributed by atoms with Gasteiger partial charge < -0.3 is 14.4 Å². The Kier molecular flexibility index (Phi) is 4.65. The van der Waals surface area contributed by atoms with E-state index in [1.807, 2.05) is 31.2 Å². The fraction of sp³-hybridized carbons (Fsp3) is 0.308. The summed E-state index contributed by atoms with van der Waals surface area (Å²) in [6.07, 6.45) is -0.552. The molecule has 170 valence electrons. The summed E-state index contributed by atoms with van der Waals surface area (Å²) in [4.78, 5) is 26.5. The highest BCUT2D eigenvalue weighted by molar-refractivity contribution is 5.97. The Morgan fingerprint density at radius 1 is 1.03 bits per heavy atom. The number of rotatable bonds is 2. The Morgan fingerprint density at radius 2 is 1.76 bits per heavy atom. The third kappa shape index (κ3) is 3.07. The highest BCUT2D eigenvalue weighted by atomic mass is 16.5. The smallest absolute Gasteiger partial charge is 0.331 e. The molecule has 5 rings (SSSR count). The standard InChI is InChI=1S/C26H27N3O4/c1-15-8-6-9-16(12-15)20-19-21(27(4)25(32)28(5)24(19)31)22-23(17-10-7-11-18(30)13-17)33-14-26(2,3)29(20)22/h6-13,23,30H,14H2,1-5H3. The predicted molar refractivity (Wildman–Crippen MR) is 128 cm³/mol. The van der Waals surface area contributed by atoms with Crippen molar-refractivity contribution in [3.63, 3.8) is 0 Å². The van der Waals surface area contributed by atoms with E-state index in [4.69, 9.17) is 4.74 Å². The van der Waals surface area contributed by atoms with E-state index in [2.05, 4.69) is 24.5 Å². The first-order chi connectivity index (χ1) is 15.6. The van der Waals surface area contributed by atoms with Crippen molar-refractivity contribution in [3.05, 3.63) is 86.2 Å². The minimum atomic E-state index is -0.552. The number of phenols is 1. The van der Waals surface area contributed by atoms with Crippen LogP contribution in [0.4, 0.5) is 0 Å². The molecule has 33 heavy (non-hydrogen) atoms. The van der Waals surface area contributed by atoms with E-state index in [0.29, 0.717) is 17.5 Å². The number of phenolic OH excluding ortho intramolecular Hbond substituents is 1. The van der Waals surface area contributed by atoms with E-state index >= 15 is 0 Å². The van der Waals surface area contributed by atoms with Crippen molar-refractivity contribution in [3.8, 4) is 17.0 Å². The molecule has 2 aromatic heterocycles. The Hall–Kier alpha value is -3.58. The first-order valence-corrected chi connectivity index (χ1v) is 10.9. The summed E-state index contributed by atoms with van der Waals surface area (Å²) in [5.74, 6) is 0.132. The zero-order valence-corrected chi connectivity index (χ0v) is 19.4. The fourth-order valence-electron chi connectivity index (χ4n) is 5.00. The Bertz CT molecular complexity index is 1540. The number of aromatic hydroxyl groups is 1. The van der Waals surface area contributed by atoms with Crippen LogP contribution in [0, 0.1) is 6.92 Å². The third-order valence-corrected chi connectivity index (χ3v) is 6.53. The summed E-state index contributed by atoms with van der Waals surface area (Å²) in [6.45, 7) is 6.55. The van der Waals surface area contributed by atoms with E-state index < -0.39 is 17.3 Å². The van der Waals surface area contributed by atoms with E-state index in [1.165, 1.54) is 11.6 Å². The molecule has 1 aliphatic rings. The second kappa shape index (κ2) is 7.22. The number of hydrogen-bond donors (Lipinski definition) is 1. The van der Waals surface area contributed by atoms with Gasteiger partial charge in [-0.15, -0.1) is 0 Å². The van der Waals surface area contributed by atoms with E-state index in [1.54, 1.807) is 25.2 Å². The van der Waals surface area contributed by atoms with Crippen LogP contribution >= 0.6 is 0 Å². The van der Waals surface area contributed by atoms with E-state index in [0.717, 1.165) is 32.6 Å². The van der Waals surface area contributed by atoms with Crippen molar-refractivity contribution in [2.24, 2.45) is 14.1 Å². The molecule has 2 aromatic carbocycles. The summed E-state index contributed by atoms with van der Waals surface area (Å²) < 4.78 is 11.2. The first kappa shape index (κ1) is 21.3. The van der Waals surface area contributed by atoms with Crippen molar-refractivity contribution in [2.45, 2.75) is 32.4 Å². The van der Waals surface area contributed by atoms with Crippen molar-refractivity contribution >= 4 is 10.9 Å². The monoisotopic (exact) mass is 445 g/mol. The first-order valence-electron chi connectivity index (χ1n) is 10.9. The molecule has 7 nitrogen and oxygen atoms in total. The van der Waals surface area contributed by atoms with Gasteiger partial charge in [-0.05, 0) is 50.1 Å². The number of benzene rings is 2. The van der Waals surface area contributed by atoms with E-state index in [-0.39, 0.29) is 11.3 Å². The molecule has 7 heteroatoms. The average molecular weight is 446 g/mol. The van der Waals surface area contributed by atoms with Crippen LogP contribution < -0.4 is 11.2 Å². The molecule has 0 bridgehead atoms. The minimum absolute atomic E-state index is 0.132. The number of aryl methyl sites for hydroxylation is 2. The Morgan fingerprint density at radius 3 is 2.45 bits per heavy atom. The molecule has 0 amide bonds. The zero-order valence-electron chi connectivity index (χ0n) is 19.4. The topological polar surface area (TPSA) is 78.4 Å². The van der Waals surface area contributed by atoms with Crippen LogP contribution in [0.1, 0.15) is 36.8 Å². The van der Waals surface area contributed by atoms with Gasteiger partial charge in [0.1, 0.15) is 11.9 Å². The van der Waals surface area contributed by atoms with Gasteiger partial charge in [-0.2, -0.15) is 0 Å². The highest BCUT2D eigenvalue weighted by Crippen LogP contribution is 2.45. The molecule has 4 aromatic rings. The zero-order chi connectivity index (χ0) is 23.7. The summed E-state index contributed by atoms with van der Waals surface area (Å²) in [6, 6.07) is 15.0. The Balaban J connectivity index is 2.03. The Labute approximate surface area is 191 Å². The minimum Gasteiger partial charge on any atom is -0.508 e. The third-order valence-electron chi connectivity index (χ3n) is 6.53. The van der Waals surface area contributed by atoms with Crippen LogP contribution in [0.3, 0.4) is 0 Å².